The summed E-state index contributed by atoms with van der Waals surface area (Å²) in [7, 11) is 0. The number of carbonyl (C=O) groups is 1. The van der Waals surface area contributed by atoms with Gasteiger partial charge in [-0.05, 0) is 28.5 Å². The van der Waals surface area contributed by atoms with Crippen LogP contribution in [-0.2, 0) is 11.3 Å². The summed E-state index contributed by atoms with van der Waals surface area (Å²) in [6.45, 7) is -0.0806. The highest BCUT2D eigenvalue weighted by molar-refractivity contribution is 6.43. The van der Waals surface area contributed by atoms with Crippen molar-refractivity contribution in [2.75, 3.05) is 5.73 Å². The smallest absolute Gasteiger partial charge is 0.260 e. The largest absolute Gasteiger partial charge is 0.379 e. The molecule has 4 rings (SSSR count). The number of nitrogens with one attached hydrogen (secondary N) is 1. The lowest BCUT2D eigenvalue weighted by atomic mass is 10.2. The van der Waals surface area contributed by atoms with Gasteiger partial charge in [0, 0.05) is 5.56 Å². The van der Waals surface area contributed by atoms with Gasteiger partial charge in [0.15, 0.2) is 17.3 Å². The van der Waals surface area contributed by atoms with E-state index in [0.717, 1.165) is 5.52 Å². The molecule has 0 fully saturated rings. The summed E-state index contributed by atoms with van der Waals surface area (Å²) in [5, 5.41) is 12.0. The second-order valence-corrected chi connectivity index (χ2v) is 6.73. The number of nitrogens with two attached hydrogens (primary N) is 1. The summed E-state index contributed by atoms with van der Waals surface area (Å²) in [6.07, 6.45) is 1.42. The van der Waals surface area contributed by atoms with E-state index in [4.69, 9.17) is 28.9 Å². The summed E-state index contributed by atoms with van der Waals surface area (Å²) in [5.41, 5.74) is 10.5. The number of imidazole rings is 1. The molecule has 0 bridgehead atoms. The average molecular weight is 430 g/mol. The molecule has 9 nitrogen and oxygen atoms in total. The Bertz CT molecular complexity index is 1230. The summed E-state index contributed by atoms with van der Waals surface area (Å²) < 4.78 is 6.32. The highest BCUT2D eigenvalue weighted by Crippen LogP contribution is 2.26. The van der Waals surface area contributed by atoms with Crippen molar-refractivity contribution < 1.29 is 9.42 Å². The molecule has 0 saturated carbocycles. The molecule has 0 saturated heterocycles. The van der Waals surface area contributed by atoms with Crippen molar-refractivity contribution in [1.29, 1.82) is 0 Å². The third-order valence-electron chi connectivity index (χ3n) is 4.06. The van der Waals surface area contributed by atoms with Gasteiger partial charge in [0.2, 0.25) is 0 Å². The molecule has 0 aliphatic heterocycles. The maximum atomic E-state index is 12.5. The van der Waals surface area contributed by atoms with Gasteiger partial charge < -0.3 is 10.3 Å². The first kappa shape index (κ1) is 18.9. The first-order valence-electron chi connectivity index (χ1n) is 8.34. The van der Waals surface area contributed by atoms with E-state index in [9.17, 15) is 4.79 Å². The molecule has 0 aliphatic rings. The summed E-state index contributed by atoms with van der Waals surface area (Å²) >= 11 is 12.1. The molecule has 4 aromatic rings. The number of benzene rings is 2. The zero-order valence-corrected chi connectivity index (χ0v) is 16.2. The second kappa shape index (κ2) is 7.90. The first-order chi connectivity index (χ1) is 14.0. The van der Waals surface area contributed by atoms with Gasteiger partial charge in [0.1, 0.15) is 6.54 Å². The van der Waals surface area contributed by atoms with Crippen molar-refractivity contribution >= 4 is 52.2 Å². The first-order valence-corrected chi connectivity index (χ1v) is 9.10. The summed E-state index contributed by atoms with van der Waals surface area (Å²) in [6, 6.07) is 12.5. The molecule has 0 unspecified atom stereocenters. The fraction of sp³-hybridized carbons (Fsp3) is 0.0556. The van der Waals surface area contributed by atoms with E-state index in [2.05, 4.69) is 30.5 Å². The number of aromatic nitrogens is 4. The van der Waals surface area contributed by atoms with Crippen LogP contribution in [0.3, 0.4) is 0 Å². The number of amides is 1. The Morgan fingerprint density at radius 3 is 2.83 bits per heavy atom. The van der Waals surface area contributed by atoms with Gasteiger partial charge in [-0.15, -0.1) is 0 Å². The Labute approximate surface area is 174 Å². The minimum absolute atomic E-state index is 0.0792. The molecule has 146 valence electrons. The van der Waals surface area contributed by atoms with E-state index >= 15 is 0 Å². The Morgan fingerprint density at radius 2 is 2.03 bits per heavy atom. The van der Waals surface area contributed by atoms with E-state index in [1.165, 1.54) is 6.21 Å². The molecular weight excluding hydrogens is 417 g/mol. The average Bonchev–Trinajstić information content (AvgIpc) is 3.28. The van der Waals surface area contributed by atoms with E-state index in [0.29, 0.717) is 26.9 Å². The number of anilines is 1. The lowest BCUT2D eigenvalue weighted by Crippen LogP contribution is -2.23. The molecular formula is C18H13Cl2N7O2. The van der Waals surface area contributed by atoms with Gasteiger partial charge in [0.05, 0.1) is 27.3 Å². The van der Waals surface area contributed by atoms with Crippen LogP contribution in [0.25, 0.3) is 22.6 Å². The van der Waals surface area contributed by atoms with Crippen LogP contribution in [0.1, 0.15) is 5.56 Å². The maximum absolute atomic E-state index is 12.5. The molecule has 0 atom stereocenters. The van der Waals surface area contributed by atoms with Gasteiger partial charge in [-0.3, -0.25) is 4.79 Å². The zero-order valence-electron chi connectivity index (χ0n) is 14.7. The minimum Gasteiger partial charge on any atom is -0.379 e. The number of nitrogen functional groups attached to an aromatic ring is 1. The summed E-state index contributed by atoms with van der Waals surface area (Å²) in [5.74, 6) is 0.0522. The maximum Gasteiger partial charge on any atom is 0.260 e. The highest BCUT2D eigenvalue weighted by atomic mass is 35.5. The van der Waals surface area contributed by atoms with Crippen LogP contribution < -0.4 is 11.2 Å². The topological polar surface area (TPSA) is 124 Å². The highest BCUT2D eigenvalue weighted by Gasteiger charge is 2.20. The van der Waals surface area contributed by atoms with Crippen molar-refractivity contribution in [2.24, 2.45) is 5.10 Å². The van der Waals surface area contributed by atoms with Crippen LogP contribution in [0.2, 0.25) is 10.0 Å². The van der Waals surface area contributed by atoms with Crippen molar-refractivity contribution in [2.45, 2.75) is 6.54 Å². The molecule has 0 radical (unpaired) electrons. The number of hydrogen-bond donors (Lipinski definition) is 2. The lowest BCUT2D eigenvalue weighted by Gasteiger charge is -2.06. The number of hydrazone groups is 1. The van der Waals surface area contributed by atoms with E-state index in [1.54, 1.807) is 22.8 Å². The predicted octanol–water partition coefficient (Wildman–Crippen LogP) is 3.13. The zero-order chi connectivity index (χ0) is 20.4. The van der Waals surface area contributed by atoms with Crippen molar-refractivity contribution in [3.8, 4) is 11.5 Å². The number of fused-ring (bicyclic) bond motifs is 1. The third-order valence-corrected chi connectivity index (χ3v) is 4.89. The third kappa shape index (κ3) is 3.78. The van der Waals surface area contributed by atoms with Crippen LogP contribution in [-0.4, -0.2) is 32.0 Å². The van der Waals surface area contributed by atoms with Crippen molar-refractivity contribution in [1.82, 2.24) is 25.3 Å². The number of para-hydroxylation sites is 2. The van der Waals surface area contributed by atoms with E-state index in [1.807, 2.05) is 24.3 Å². The minimum atomic E-state index is -0.390. The monoisotopic (exact) mass is 429 g/mol. The van der Waals surface area contributed by atoms with Gasteiger partial charge in [-0.2, -0.15) is 5.10 Å². The molecule has 0 aliphatic carbocycles. The molecule has 29 heavy (non-hydrogen) atoms. The van der Waals surface area contributed by atoms with Crippen LogP contribution in [0.15, 0.2) is 52.2 Å². The molecule has 2 aromatic heterocycles. The second-order valence-electron chi connectivity index (χ2n) is 5.94. The van der Waals surface area contributed by atoms with Crippen LogP contribution in [0.4, 0.5) is 5.82 Å². The Kier molecular flexibility index (Phi) is 5.15. The van der Waals surface area contributed by atoms with E-state index in [-0.39, 0.29) is 24.0 Å². The molecule has 2 heterocycles. The standard InChI is InChI=1S/C18H13Cl2N7O2/c19-11-5-3-4-10(15(11)20)8-22-24-14(28)9-27-13-7-2-1-6-12(13)23-18(27)16-17(21)26-29-25-16/h1-8H,9H2,(H2,21,26)(H,24,28)/b22-8+. The number of halogens is 2. The fourth-order valence-electron chi connectivity index (χ4n) is 2.74. The van der Waals surface area contributed by atoms with Crippen LogP contribution in [0, 0.1) is 0 Å². The quantitative estimate of drug-likeness (QED) is 0.370. The van der Waals surface area contributed by atoms with Gasteiger partial charge in [0.25, 0.3) is 5.91 Å². The number of hydrogen-bond acceptors (Lipinski definition) is 7. The Morgan fingerprint density at radius 1 is 1.21 bits per heavy atom. The SMILES string of the molecule is Nc1nonc1-c1nc2ccccc2n1CC(=O)N/N=C/c1cccc(Cl)c1Cl. The van der Waals surface area contributed by atoms with Gasteiger partial charge in [-0.1, -0.05) is 47.5 Å². The molecule has 2 aromatic carbocycles. The van der Waals surface area contributed by atoms with Crippen LogP contribution in [0.5, 0.6) is 0 Å². The number of nitrogens with zero attached hydrogens (tertiary/aromatic N) is 5. The Balaban J connectivity index is 1.59. The van der Waals surface area contributed by atoms with Gasteiger partial charge >= 0.3 is 0 Å². The van der Waals surface area contributed by atoms with Crippen LogP contribution >= 0.6 is 23.2 Å². The van der Waals surface area contributed by atoms with Gasteiger partial charge in [-0.25, -0.2) is 15.0 Å². The number of rotatable bonds is 5. The normalized spacial score (nSPS) is 11.4. The molecule has 3 N–H and O–H groups in total. The molecule has 11 heteroatoms. The lowest BCUT2D eigenvalue weighted by molar-refractivity contribution is -0.121. The molecule has 0 spiro atoms. The predicted molar refractivity (Wildman–Crippen MR) is 110 cm³/mol. The van der Waals surface area contributed by atoms with E-state index < -0.39 is 0 Å². The van der Waals surface area contributed by atoms with Crippen molar-refractivity contribution in [3.05, 3.63) is 58.1 Å². The Hall–Kier alpha value is -3.43. The van der Waals surface area contributed by atoms with Crippen molar-refractivity contribution in [3.63, 3.8) is 0 Å². The molecule has 1 amide bonds. The summed E-state index contributed by atoms with van der Waals surface area (Å²) in [4.78, 5) is 17.0. The fourth-order valence-corrected chi connectivity index (χ4v) is 3.10. The number of carbonyl (C=O) groups excluding carboxylic acids is 1.